The maximum atomic E-state index is 13.6. The number of anilines is 1. The number of piperazine rings is 1. The molecule has 0 saturated carbocycles. The Morgan fingerprint density at radius 3 is 2.53 bits per heavy atom. The van der Waals surface area contributed by atoms with Crippen molar-refractivity contribution in [3.63, 3.8) is 0 Å². The molecule has 3 saturated heterocycles. The van der Waals surface area contributed by atoms with Crippen molar-refractivity contribution in [1.29, 1.82) is 5.26 Å². The number of alkyl halides is 3. The molecule has 0 spiro atoms. The summed E-state index contributed by atoms with van der Waals surface area (Å²) in [5, 5.41) is 9.11. The molecule has 0 aliphatic carbocycles. The lowest BCUT2D eigenvalue weighted by Gasteiger charge is -2.35. The van der Waals surface area contributed by atoms with Gasteiger partial charge in [0.2, 0.25) is 0 Å². The van der Waals surface area contributed by atoms with Crippen LogP contribution in [-0.2, 0) is 11.0 Å². The number of hydrogen-bond donors (Lipinski definition) is 0. The molecular formula is C22H13F4IN4O3. The van der Waals surface area contributed by atoms with Crippen molar-refractivity contribution in [2.45, 2.75) is 30.7 Å². The highest BCUT2D eigenvalue weighted by Crippen LogP contribution is 2.43. The number of nitriles is 1. The lowest BCUT2D eigenvalue weighted by atomic mass is 10.1. The third kappa shape index (κ3) is 3.24. The minimum Gasteiger partial charge on any atom is -0.331 e. The predicted molar refractivity (Wildman–Crippen MR) is 117 cm³/mol. The molecule has 5 rings (SSSR count). The quantitative estimate of drug-likeness (QED) is 0.306. The van der Waals surface area contributed by atoms with E-state index >= 15 is 0 Å². The number of nitrogens with zero attached hydrogens (tertiary/aromatic N) is 4. The molecule has 3 atom stereocenters. The molecule has 174 valence electrons. The van der Waals surface area contributed by atoms with E-state index < -0.39 is 53.5 Å². The van der Waals surface area contributed by atoms with E-state index in [2.05, 4.69) is 0 Å². The molecule has 12 heteroatoms. The third-order valence-electron chi connectivity index (χ3n) is 6.38. The van der Waals surface area contributed by atoms with Crippen LogP contribution in [0, 0.1) is 20.7 Å². The number of rotatable bonds is 2. The summed E-state index contributed by atoms with van der Waals surface area (Å²) in [6, 6.07) is 5.87. The number of carbonyl (C=O) groups excluding carboxylic acids is 3. The highest BCUT2D eigenvalue weighted by molar-refractivity contribution is 14.1. The monoisotopic (exact) mass is 584 g/mol. The van der Waals surface area contributed by atoms with Gasteiger partial charge < -0.3 is 9.80 Å². The molecule has 2 aromatic rings. The standard InChI is InChI=1S/C22H13F4IN4O3/c23-15-4-2-10(5-14(15)22(24,25)26)19(32)29-9-13-7-17(29)18-20(33)31(21(34)30(13)18)12-3-1-11(8-28)16(27)6-12/h1-6,13,17-18H,7,9H2. The molecule has 0 aromatic heterocycles. The zero-order valence-corrected chi connectivity index (χ0v) is 19.2. The van der Waals surface area contributed by atoms with Crippen LogP contribution in [0.15, 0.2) is 36.4 Å². The Balaban J connectivity index is 1.44. The van der Waals surface area contributed by atoms with Crippen molar-refractivity contribution in [3.8, 4) is 6.07 Å². The number of halogens is 5. The molecule has 2 bridgehead atoms. The first-order valence-corrected chi connectivity index (χ1v) is 11.1. The van der Waals surface area contributed by atoms with Gasteiger partial charge in [-0.15, -0.1) is 0 Å². The number of urea groups is 1. The molecule has 0 N–H and O–H groups in total. The van der Waals surface area contributed by atoms with Crippen LogP contribution in [0.2, 0.25) is 0 Å². The van der Waals surface area contributed by atoms with E-state index in [0.717, 1.165) is 11.0 Å². The average molecular weight is 584 g/mol. The van der Waals surface area contributed by atoms with Crippen LogP contribution in [-0.4, -0.2) is 52.3 Å². The van der Waals surface area contributed by atoms with Gasteiger partial charge in [-0.05, 0) is 65.4 Å². The number of imide groups is 1. The summed E-state index contributed by atoms with van der Waals surface area (Å²) < 4.78 is 53.5. The summed E-state index contributed by atoms with van der Waals surface area (Å²) in [7, 11) is 0. The fraction of sp³-hybridized carbons (Fsp3) is 0.273. The Morgan fingerprint density at radius 2 is 1.88 bits per heavy atom. The smallest absolute Gasteiger partial charge is 0.331 e. The first kappa shape index (κ1) is 22.6. The van der Waals surface area contributed by atoms with Gasteiger partial charge in [-0.1, -0.05) is 0 Å². The first-order chi connectivity index (χ1) is 16.0. The SMILES string of the molecule is N#Cc1ccc(N2C(=O)C3C4CC(CN4C(=O)c4ccc(F)c(C(F)(F)F)c4)N3C2=O)cc1I. The highest BCUT2D eigenvalue weighted by atomic mass is 127. The Morgan fingerprint density at radius 1 is 1.15 bits per heavy atom. The summed E-state index contributed by atoms with van der Waals surface area (Å²) in [4.78, 5) is 43.1. The fourth-order valence-electron chi connectivity index (χ4n) is 4.90. The van der Waals surface area contributed by atoms with Crippen LogP contribution in [0.25, 0.3) is 0 Å². The van der Waals surface area contributed by atoms with Crippen molar-refractivity contribution < 1.29 is 31.9 Å². The topological polar surface area (TPSA) is 84.7 Å². The molecule has 0 radical (unpaired) electrons. The van der Waals surface area contributed by atoms with Crippen molar-refractivity contribution in [2.24, 2.45) is 0 Å². The van der Waals surface area contributed by atoms with Gasteiger partial charge in [0.1, 0.15) is 17.9 Å². The predicted octanol–water partition coefficient (Wildman–Crippen LogP) is 3.75. The number of fused-ring (bicyclic) bond motifs is 5. The maximum Gasteiger partial charge on any atom is 0.419 e. The van der Waals surface area contributed by atoms with Crippen molar-refractivity contribution in [2.75, 3.05) is 11.4 Å². The fourth-order valence-corrected chi connectivity index (χ4v) is 5.52. The van der Waals surface area contributed by atoms with Gasteiger partial charge >= 0.3 is 12.2 Å². The summed E-state index contributed by atoms with van der Waals surface area (Å²) >= 11 is 1.92. The zero-order chi connectivity index (χ0) is 24.5. The number of benzene rings is 2. The Kier molecular flexibility index (Phi) is 5.08. The van der Waals surface area contributed by atoms with Crippen molar-refractivity contribution in [3.05, 3.63) is 62.5 Å². The lowest BCUT2D eigenvalue weighted by Crippen LogP contribution is -2.54. The van der Waals surface area contributed by atoms with Gasteiger partial charge in [0.15, 0.2) is 0 Å². The van der Waals surface area contributed by atoms with E-state index in [0.29, 0.717) is 33.4 Å². The van der Waals surface area contributed by atoms with Crippen LogP contribution in [0.4, 0.5) is 28.0 Å². The summed E-state index contributed by atoms with van der Waals surface area (Å²) in [5.41, 5.74) is -1.21. The average Bonchev–Trinajstić information content (AvgIpc) is 3.44. The maximum absolute atomic E-state index is 13.6. The van der Waals surface area contributed by atoms with Crippen LogP contribution < -0.4 is 4.90 Å². The van der Waals surface area contributed by atoms with E-state index in [4.69, 9.17) is 5.26 Å². The Labute approximate surface area is 203 Å². The number of likely N-dealkylation sites (tertiary alicyclic amines) is 1. The summed E-state index contributed by atoms with van der Waals surface area (Å²) in [6.45, 7) is 0.0521. The molecule has 3 aliphatic heterocycles. The Hall–Kier alpha value is -3.21. The largest absolute Gasteiger partial charge is 0.419 e. The van der Waals surface area contributed by atoms with Crippen LogP contribution in [0.5, 0.6) is 0 Å². The zero-order valence-electron chi connectivity index (χ0n) is 17.0. The first-order valence-electron chi connectivity index (χ1n) is 10.1. The minimum absolute atomic E-state index is 0.0521. The normalized spacial score (nSPS) is 23.5. The van der Waals surface area contributed by atoms with Crippen LogP contribution in [0.1, 0.15) is 27.9 Å². The third-order valence-corrected chi connectivity index (χ3v) is 7.27. The van der Waals surface area contributed by atoms with E-state index in [9.17, 15) is 31.9 Å². The van der Waals surface area contributed by atoms with Crippen molar-refractivity contribution >= 4 is 46.1 Å². The summed E-state index contributed by atoms with van der Waals surface area (Å²) in [6.07, 6.45) is -4.64. The molecular weight excluding hydrogens is 571 g/mol. The lowest BCUT2D eigenvalue weighted by molar-refractivity contribution is -0.140. The second-order valence-corrected chi connectivity index (χ2v) is 9.35. The van der Waals surface area contributed by atoms with Gasteiger partial charge in [0, 0.05) is 15.7 Å². The van der Waals surface area contributed by atoms with E-state index in [1.807, 2.05) is 28.7 Å². The molecule has 4 amide bonds. The van der Waals surface area contributed by atoms with Gasteiger partial charge in [0.25, 0.3) is 11.8 Å². The van der Waals surface area contributed by atoms with E-state index in [1.165, 1.54) is 21.9 Å². The number of hydrogen-bond acceptors (Lipinski definition) is 4. The number of carbonyl (C=O) groups is 3. The van der Waals surface area contributed by atoms with Gasteiger partial charge in [-0.3, -0.25) is 9.59 Å². The molecule has 7 nitrogen and oxygen atoms in total. The molecule has 2 aromatic carbocycles. The van der Waals surface area contributed by atoms with Crippen LogP contribution in [0.3, 0.4) is 0 Å². The van der Waals surface area contributed by atoms with Gasteiger partial charge in [0.05, 0.1) is 28.9 Å². The van der Waals surface area contributed by atoms with E-state index in [1.54, 1.807) is 6.07 Å². The molecule has 3 aliphatic rings. The second kappa shape index (κ2) is 7.66. The Bertz CT molecular complexity index is 1310. The van der Waals surface area contributed by atoms with Gasteiger partial charge in [-0.25, -0.2) is 14.1 Å². The van der Waals surface area contributed by atoms with E-state index in [-0.39, 0.29) is 12.1 Å². The van der Waals surface area contributed by atoms with Crippen molar-refractivity contribution in [1.82, 2.24) is 9.80 Å². The van der Waals surface area contributed by atoms with Crippen LogP contribution >= 0.6 is 22.6 Å². The number of amides is 4. The minimum atomic E-state index is -4.96. The molecule has 3 unspecified atom stereocenters. The molecule has 3 heterocycles. The molecule has 34 heavy (non-hydrogen) atoms. The molecule has 3 fully saturated rings. The highest BCUT2D eigenvalue weighted by Gasteiger charge is 2.63. The van der Waals surface area contributed by atoms with Gasteiger partial charge in [-0.2, -0.15) is 18.4 Å². The second-order valence-electron chi connectivity index (χ2n) is 8.19. The summed E-state index contributed by atoms with van der Waals surface area (Å²) in [5.74, 6) is -2.79.